The molecule has 0 bridgehead atoms. The summed E-state index contributed by atoms with van der Waals surface area (Å²) >= 11 is 0. The summed E-state index contributed by atoms with van der Waals surface area (Å²) in [7, 11) is 0. The number of carbonyl (C=O) groups excluding carboxylic acids is 1. The van der Waals surface area contributed by atoms with Gasteiger partial charge in [-0.3, -0.25) is 9.78 Å². The highest BCUT2D eigenvalue weighted by Crippen LogP contribution is 2.32. The van der Waals surface area contributed by atoms with Crippen LogP contribution < -0.4 is 10.1 Å². The molecule has 168 valence electrons. The first-order chi connectivity index (χ1) is 16.0. The number of rotatable bonds is 8. The second kappa shape index (κ2) is 10.1. The highest BCUT2D eigenvalue weighted by atomic mass is 19.1. The molecule has 1 amide bonds. The topological polar surface area (TPSA) is 69.0 Å². The number of hydrogen-bond acceptors (Lipinski definition) is 4. The molecule has 0 saturated carbocycles. The number of hydrogen-bond donors (Lipinski definition) is 1. The third-order valence-electron chi connectivity index (χ3n) is 5.25. The van der Waals surface area contributed by atoms with E-state index in [0.29, 0.717) is 30.3 Å². The Kier molecular flexibility index (Phi) is 6.78. The van der Waals surface area contributed by atoms with Crippen molar-refractivity contribution in [2.24, 2.45) is 0 Å². The van der Waals surface area contributed by atoms with Crippen molar-refractivity contribution in [3.8, 4) is 17.3 Å². The number of nitrogens with zero attached hydrogens (tertiary/aromatic N) is 3. The largest absolute Gasteiger partial charge is 0.439 e. The maximum absolute atomic E-state index is 13.5. The summed E-state index contributed by atoms with van der Waals surface area (Å²) in [5, 5.41) is 7.56. The lowest BCUT2D eigenvalue weighted by atomic mass is 10.1. The Hall–Kier alpha value is -4.00. The summed E-state index contributed by atoms with van der Waals surface area (Å²) in [4.78, 5) is 16.5. The molecule has 0 atom stereocenters. The molecule has 4 rings (SSSR count). The highest BCUT2D eigenvalue weighted by Gasteiger charge is 2.20. The van der Waals surface area contributed by atoms with Crippen molar-refractivity contribution in [2.75, 3.05) is 0 Å². The minimum atomic E-state index is -0.324. The Bertz CT molecular complexity index is 1240. The molecule has 7 heteroatoms. The lowest BCUT2D eigenvalue weighted by Crippen LogP contribution is -2.23. The zero-order valence-corrected chi connectivity index (χ0v) is 18.6. The van der Waals surface area contributed by atoms with E-state index in [9.17, 15) is 9.18 Å². The fourth-order valence-electron chi connectivity index (χ4n) is 3.51. The molecule has 4 aromatic rings. The van der Waals surface area contributed by atoms with Crippen molar-refractivity contribution < 1.29 is 13.9 Å². The molecular weight excluding hydrogens is 419 g/mol. The molecule has 0 unspecified atom stereocenters. The van der Waals surface area contributed by atoms with Crippen molar-refractivity contribution in [1.82, 2.24) is 20.1 Å². The van der Waals surface area contributed by atoms with E-state index in [1.54, 1.807) is 29.2 Å². The van der Waals surface area contributed by atoms with Crippen LogP contribution in [-0.2, 0) is 17.8 Å². The van der Waals surface area contributed by atoms with Crippen LogP contribution in [0.2, 0.25) is 0 Å². The summed E-state index contributed by atoms with van der Waals surface area (Å²) in [5.74, 6) is 0.797. The average molecular weight is 445 g/mol. The van der Waals surface area contributed by atoms with Crippen molar-refractivity contribution in [2.45, 2.75) is 33.2 Å². The first kappa shape index (κ1) is 22.2. The fraction of sp³-hybridized carbons (Fsp3) is 0.192. The van der Waals surface area contributed by atoms with Crippen molar-refractivity contribution >= 4 is 5.91 Å². The van der Waals surface area contributed by atoms with Gasteiger partial charge in [0.05, 0.1) is 11.4 Å². The van der Waals surface area contributed by atoms with E-state index in [2.05, 4.69) is 15.4 Å². The smallest absolute Gasteiger partial charge is 0.226 e. The van der Waals surface area contributed by atoms with Crippen LogP contribution in [0.25, 0.3) is 5.69 Å². The van der Waals surface area contributed by atoms with E-state index in [1.165, 1.54) is 12.1 Å². The van der Waals surface area contributed by atoms with Crippen LogP contribution in [0.1, 0.15) is 28.8 Å². The average Bonchev–Trinajstić information content (AvgIpc) is 3.12. The van der Waals surface area contributed by atoms with Crippen LogP contribution in [-0.4, -0.2) is 20.7 Å². The minimum Gasteiger partial charge on any atom is -0.439 e. The molecule has 6 nitrogen and oxygen atoms in total. The molecule has 33 heavy (non-hydrogen) atoms. The van der Waals surface area contributed by atoms with E-state index >= 15 is 0 Å². The normalized spacial score (nSPS) is 10.8. The van der Waals surface area contributed by atoms with E-state index in [4.69, 9.17) is 4.74 Å². The zero-order chi connectivity index (χ0) is 23.2. The molecule has 0 radical (unpaired) electrons. The third-order valence-corrected chi connectivity index (χ3v) is 5.25. The molecular formula is C26H25FN4O2. The SMILES string of the molecule is Cc1cccc(Oc2c(CCC(=O)NCc3ccncc3)c(C)nn2-c2ccc(F)cc2)c1. The Morgan fingerprint density at radius 2 is 1.82 bits per heavy atom. The van der Waals surface area contributed by atoms with Crippen molar-refractivity contribution in [3.05, 3.63) is 101 Å². The van der Waals surface area contributed by atoms with Crippen molar-refractivity contribution in [3.63, 3.8) is 0 Å². The van der Waals surface area contributed by atoms with Gasteiger partial charge in [0.1, 0.15) is 11.6 Å². The number of halogens is 1. The van der Waals surface area contributed by atoms with Gasteiger partial charge in [0.2, 0.25) is 11.8 Å². The number of ether oxygens (including phenoxy) is 1. The summed E-state index contributed by atoms with van der Waals surface area (Å²) < 4.78 is 21.4. The lowest BCUT2D eigenvalue weighted by molar-refractivity contribution is -0.121. The molecule has 0 saturated heterocycles. The Labute approximate surface area is 192 Å². The Morgan fingerprint density at radius 1 is 1.06 bits per heavy atom. The minimum absolute atomic E-state index is 0.0674. The molecule has 2 heterocycles. The Balaban J connectivity index is 1.56. The fourth-order valence-corrected chi connectivity index (χ4v) is 3.51. The number of amides is 1. The van der Waals surface area contributed by atoms with E-state index in [1.807, 2.05) is 50.2 Å². The van der Waals surface area contributed by atoms with Crippen LogP contribution in [0.5, 0.6) is 11.6 Å². The molecule has 0 aliphatic heterocycles. The van der Waals surface area contributed by atoms with E-state index in [-0.39, 0.29) is 18.1 Å². The molecule has 0 fully saturated rings. The predicted molar refractivity (Wildman–Crippen MR) is 124 cm³/mol. The zero-order valence-electron chi connectivity index (χ0n) is 18.6. The van der Waals surface area contributed by atoms with Gasteiger partial charge < -0.3 is 10.1 Å². The monoisotopic (exact) mass is 444 g/mol. The molecule has 2 aromatic heterocycles. The standard InChI is InChI=1S/C26H25FN4O2/c1-18-4-3-5-23(16-18)33-26-24(10-11-25(32)29-17-20-12-14-28-15-13-20)19(2)30-31(26)22-8-6-21(27)7-9-22/h3-9,12-16H,10-11,17H2,1-2H3,(H,29,32). The summed E-state index contributed by atoms with van der Waals surface area (Å²) in [6.45, 7) is 4.32. The molecule has 2 aromatic carbocycles. The van der Waals surface area contributed by atoms with Crippen LogP contribution in [0.15, 0.2) is 73.1 Å². The second-order valence-electron chi connectivity index (χ2n) is 7.81. The number of aromatic nitrogens is 3. The maximum Gasteiger partial charge on any atom is 0.226 e. The number of aryl methyl sites for hydroxylation is 2. The predicted octanol–water partition coefficient (Wildman–Crippen LogP) is 5.06. The van der Waals surface area contributed by atoms with Gasteiger partial charge in [-0.1, -0.05) is 12.1 Å². The van der Waals surface area contributed by atoms with Crippen molar-refractivity contribution in [1.29, 1.82) is 0 Å². The first-order valence-corrected chi connectivity index (χ1v) is 10.7. The summed E-state index contributed by atoms with van der Waals surface area (Å²) in [5.41, 5.74) is 4.32. The van der Waals surface area contributed by atoms with Crippen LogP contribution in [0.4, 0.5) is 4.39 Å². The van der Waals surface area contributed by atoms with Gasteiger partial charge in [0.15, 0.2) is 0 Å². The number of carbonyl (C=O) groups is 1. The molecule has 0 aliphatic carbocycles. The van der Waals surface area contributed by atoms with E-state index < -0.39 is 0 Å². The van der Waals surface area contributed by atoms with Gasteiger partial charge in [-0.15, -0.1) is 0 Å². The van der Waals surface area contributed by atoms with Gasteiger partial charge in [0.25, 0.3) is 0 Å². The maximum atomic E-state index is 13.5. The van der Waals surface area contributed by atoms with E-state index in [0.717, 1.165) is 22.4 Å². The number of nitrogens with one attached hydrogen (secondary N) is 1. The third kappa shape index (κ3) is 5.63. The van der Waals surface area contributed by atoms with Gasteiger partial charge in [-0.05, 0) is 79.9 Å². The summed E-state index contributed by atoms with van der Waals surface area (Å²) in [6, 6.07) is 17.5. The van der Waals surface area contributed by atoms with Crippen LogP contribution >= 0.6 is 0 Å². The number of pyridine rings is 1. The molecule has 0 aliphatic rings. The Morgan fingerprint density at radius 3 is 2.55 bits per heavy atom. The quantitative estimate of drug-likeness (QED) is 0.412. The van der Waals surface area contributed by atoms with Gasteiger partial charge in [0, 0.05) is 30.9 Å². The lowest BCUT2D eigenvalue weighted by Gasteiger charge is -2.12. The first-order valence-electron chi connectivity index (χ1n) is 10.7. The molecule has 0 spiro atoms. The number of benzene rings is 2. The molecule has 1 N–H and O–H groups in total. The van der Waals surface area contributed by atoms with Crippen LogP contribution in [0, 0.1) is 19.7 Å². The summed E-state index contributed by atoms with van der Waals surface area (Å²) in [6.07, 6.45) is 4.13. The van der Waals surface area contributed by atoms with Crippen LogP contribution in [0.3, 0.4) is 0 Å². The van der Waals surface area contributed by atoms with Gasteiger partial charge >= 0.3 is 0 Å². The highest BCUT2D eigenvalue weighted by molar-refractivity contribution is 5.76. The van der Waals surface area contributed by atoms with Gasteiger partial charge in [-0.25, -0.2) is 9.07 Å². The van der Waals surface area contributed by atoms with Gasteiger partial charge in [-0.2, -0.15) is 5.10 Å². The second-order valence-corrected chi connectivity index (χ2v) is 7.81.